The van der Waals surface area contributed by atoms with Crippen molar-refractivity contribution in [2.75, 3.05) is 26.2 Å². The molecule has 112 valence electrons. The van der Waals surface area contributed by atoms with Crippen molar-refractivity contribution < 1.29 is 9.72 Å². The monoisotopic (exact) mass is 401 g/mol. The number of benzene rings is 1. The highest BCUT2D eigenvalue weighted by Crippen LogP contribution is 2.28. The largest absolute Gasteiger partial charge is 0.336 e. The molecule has 2 fully saturated rings. The van der Waals surface area contributed by atoms with E-state index in [-0.39, 0.29) is 11.6 Å². The third-order valence-electron chi connectivity index (χ3n) is 4.06. The molecule has 1 aromatic carbocycles. The van der Waals surface area contributed by atoms with Crippen LogP contribution in [0, 0.1) is 13.7 Å². The van der Waals surface area contributed by atoms with Crippen molar-refractivity contribution in [2.45, 2.75) is 18.9 Å². The van der Waals surface area contributed by atoms with Crippen molar-refractivity contribution >= 4 is 34.2 Å². The van der Waals surface area contributed by atoms with Crippen LogP contribution < -0.4 is 0 Å². The molecule has 21 heavy (non-hydrogen) atoms. The Balaban J connectivity index is 1.72. The van der Waals surface area contributed by atoms with Gasteiger partial charge in [-0.2, -0.15) is 0 Å². The van der Waals surface area contributed by atoms with E-state index in [1.54, 1.807) is 11.0 Å². The highest BCUT2D eigenvalue weighted by atomic mass is 127. The number of hydrogen-bond donors (Lipinski definition) is 0. The van der Waals surface area contributed by atoms with E-state index in [1.165, 1.54) is 25.0 Å². The van der Waals surface area contributed by atoms with E-state index < -0.39 is 4.92 Å². The summed E-state index contributed by atoms with van der Waals surface area (Å²) < 4.78 is 0.757. The number of hydrogen-bond acceptors (Lipinski definition) is 4. The van der Waals surface area contributed by atoms with Crippen LogP contribution in [0.25, 0.3) is 0 Å². The lowest BCUT2D eigenvalue weighted by molar-refractivity contribution is -0.384. The zero-order chi connectivity index (χ0) is 15.0. The SMILES string of the molecule is O=C(c1cc([N+](=O)[O-])ccc1I)N1CCN(C2CC2)CC1. The Kier molecular flexibility index (Phi) is 4.12. The molecule has 2 aliphatic rings. The van der Waals surface area contributed by atoms with Crippen LogP contribution in [0.1, 0.15) is 23.2 Å². The van der Waals surface area contributed by atoms with Crippen LogP contribution in [0.15, 0.2) is 18.2 Å². The van der Waals surface area contributed by atoms with Crippen molar-refractivity contribution in [3.8, 4) is 0 Å². The Hall–Kier alpha value is -1.22. The van der Waals surface area contributed by atoms with E-state index in [1.807, 2.05) is 0 Å². The summed E-state index contributed by atoms with van der Waals surface area (Å²) in [5, 5.41) is 10.9. The number of nitro benzene ring substituents is 1. The van der Waals surface area contributed by atoms with Crippen LogP contribution in [0.5, 0.6) is 0 Å². The Morgan fingerprint density at radius 2 is 1.90 bits per heavy atom. The van der Waals surface area contributed by atoms with E-state index in [9.17, 15) is 14.9 Å². The van der Waals surface area contributed by atoms with Gasteiger partial charge in [0.1, 0.15) is 0 Å². The normalized spacial score (nSPS) is 19.6. The summed E-state index contributed by atoms with van der Waals surface area (Å²) in [4.78, 5) is 27.2. The van der Waals surface area contributed by atoms with Crippen molar-refractivity contribution in [3.63, 3.8) is 0 Å². The van der Waals surface area contributed by atoms with Crippen LogP contribution in [0.3, 0.4) is 0 Å². The molecule has 0 radical (unpaired) electrons. The third-order valence-corrected chi connectivity index (χ3v) is 5.00. The topological polar surface area (TPSA) is 66.7 Å². The van der Waals surface area contributed by atoms with Gasteiger partial charge in [0, 0.05) is 47.9 Å². The fraction of sp³-hybridized carbons (Fsp3) is 0.500. The number of amides is 1. The fourth-order valence-electron chi connectivity index (χ4n) is 2.69. The Morgan fingerprint density at radius 1 is 1.24 bits per heavy atom. The molecular weight excluding hydrogens is 385 g/mol. The molecule has 1 aliphatic heterocycles. The summed E-state index contributed by atoms with van der Waals surface area (Å²) in [6.45, 7) is 3.21. The molecule has 7 heteroatoms. The molecule has 1 aromatic rings. The maximum atomic E-state index is 12.6. The van der Waals surface area contributed by atoms with Crippen molar-refractivity contribution in [1.82, 2.24) is 9.80 Å². The quantitative estimate of drug-likeness (QED) is 0.442. The minimum absolute atomic E-state index is 0.0321. The summed E-state index contributed by atoms with van der Waals surface area (Å²) in [6, 6.07) is 5.17. The molecule has 0 spiro atoms. The number of non-ortho nitro benzene ring substituents is 1. The van der Waals surface area contributed by atoms with Gasteiger partial charge < -0.3 is 4.90 Å². The van der Waals surface area contributed by atoms with Gasteiger partial charge in [-0.05, 0) is 41.5 Å². The highest BCUT2D eigenvalue weighted by molar-refractivity contribution is 14.1. The second-order valence-corrected chi connectivity index (χ2v) is 6.64. The molecule has 0 atom stereocenters. The minimum Gasteiger partial charge on any atom is -0.336 e. The number of nitro groups is 1. The van der Waals surface area contributed by atoms with Crippen LogP contribution in [-0.2, 0) is 0 Å². The number of carbonyl (C=O) groups is 1. The Labute approximate surface area is 136 Å². The molecular formula is C14H16IN3O3. The smallest absolute Gasteiger partial charge is 0.270 e. The lowest BCUT2D eigenvalue weighted by Gasteiger charge is -2.35. The van der Waals surface area contributed by atoms with E-state index in [0.29, 0.717) is 18.7 Å². The summed E-state index contributed by atoms with van der Waals surface area (Å²) in [5.41, 5.74) is 0.403. The summed E-state index contributed by atoms with van der Waals surface area (Å²) in [6.07, 6.45) is 2.55. The maximum absolute atomic E-state index is 12.6. The number of nitrogens with zero attached hydrogens (tertiary/aromatic N) is 3. The molecule has 0 aromatic heterocycles. The second-order valence-electron chi connectivity index (χ2n) is 5.48. The first-order valence-electron chi connectivity index (χ1n) is 7.03. The number of piperazine rings is 1. The molecule has 3 rings (SSSR count). The van der Waals surface area contributed by atoms with Gasteiger partial charge in [-0.1, -0.05) is 0 Å². The first-order valence-corrected chi connectivity index (χ1v) is 8.11. The number of carbonyl (C=O) groups excluding carboxylic acids is 1. The molecule has 1 heterocycles. The Morgan fingerprint density at radius 3 is 2.48 bits per heavy atom. The van der Waals surface area contributed by atoms with Gasteiger partial charge >= 0.3 is 0 Å². The van der Waals surface area contributed by atoms with Crippen LogP contribution in [0.4, 0.5) is 5.69 Å². The summed E-state index contributed by atoms with van der Waals surface area (Å²) in [5.74, 6) is -0.0986. The lowest BCUT2D eigenvalue weighted by atomic mass is 10.1. The second kappa shape index (κ2) is 5.88. The summed E-state index contributed by atoms with van der Waals surface area (Å²) >= 11 is 2.06. The average Bonchev–Trinajstić information content (AvgIpc) is 3.31. The first-order chi connectivity index (χ1) is 10.1. The standard InChI is InChI=1S/C14H16IN3O3/c15-13-4-3-11(18(20)21)9-12(13)14(19)17-7-5-16(6-8-17)10-1-2-10/h3-4,9-10H,1-2,5-8H2. The predicted octanol–water partition coefficient (Wildman–Crippen LogP) is 2.12. The van der Waals surface area contributed by atoms with Crippen LogP contribution >= 0.6 is 22.6 Å². The van der Waals surface area contributed by atoms with E-state index in [2.05, 4.69) is 27.5 Å². The van der Waals surface area contributed by atoms with E-state index in [0.717, 1.165) is 22.7 Å². The van der Waals surface area contributed by atoms with Gasteiger partial charge in [-0.15, -0.1) is 0 Å². The van der Waals surface area contributed by atoms with Gasteiger partial charge in [-0.3, -0.25) is 19.8 Å². The lowest BCUT2D eigenvalue weighted by Crippen LogP contribution is -2.49. The van der Waals surface area contributed by atoms with Gasteiger partial charge in [-0.25, -0.2) is 0 Å². The van der Waals surface area contributed by atoms with Crippen LogP contribution in [-0.4, -0.2) is 52.9 Å². The molecule has 1 saturated heterocycles. The number of halogens is 1. The Bertz CT molecular complexity index is 581. The molecule has 0 unspecified atom stereocenters. The molecule has 1 saturated carbocycles. The van der Waals surface area contributed by atoms with Crippen molar-refractivity contribution in [3.05, 3.63) is 37.4 Å². The van der Waals surface area contributed by atoms with E-state index in [4.69, 9.17) is 0 Å². The molecule has 6 nitrogen and oxygen atoms in total. The minimum atomic E-state index is -0.460. The molecule has 0 N–H and O–H groups in total. The maximum Gasteiger partial charge on any atom is 0.270 e. The predicted molar refractivity (Wildman–Crippen MR) is 86.3 cm³/mol. The average molecular weight is 401 g/mol. The van der Waals surface area contributed by atoms with E-state index >= 15 is 0 Å². The van der Waals surface area contributed by atoms with Gasteiger partial charge in [0.25, 0.3) is 11.6 Å². The molecule has 0 bridgehead atoms. The highest BCUT2D eigenvalue weighted by Gasteiger charge is 2.32. The number of rotatable bonds is 3. The summed E-state index contributed by atoms with van der Waals surface area (Å²) in [7, 11) is 0. The zero-order valence-electron chi connectivity index (χ0n) is 11.5. The molecule has 1 aliphatic carbocycles. The molecule has 1 amide bonds. The van der Waals surface area contributed by atoms with Crippen molar-refractivity contribution in [2.24, 2.45) is 0 Å². The zero-order valence-corrected chi connectivity index (χ0v) is 13.7. The fourth-order valence-corrected chi connectivity index (χ4v) is 3.26. The van der Waals surface area contributed by atoms with Gasteiger partial charge in [0.2, 0.25) is 0 Å². The van der Waals surface area contributed by atoms with Crippen LogP contribution in [0.2, 0.25) is 0 Å². The van der Waals surface area contributed by atoms with Gasteiger partial charge in [0.15, 0.2) is 0 Å². The third kappa shape index (κ3) is 3.18. The van der Waals surface area contributed by atoms with Crippen molar-refractivity contribution in [1.29, 1.82) is 0 Å². The first kappa shape index (κ1) is 14.7. The van der Waals surface area contributed by atoms with Gasteiger partial charge in [0.05, 0.1) is 10.5 Å².